The predicted molar refractivity (Wildman–Crippen MR) is 76.4 cm³/mol. The van der Waals surface area contributed by atoms with E-state index in [1.54, 1.807) is 11.2 Å². The van der Waals surface area contributed by atoms with Gasteiger partial charge >= 0.3 is 0 Å². The van der Waals surface area contributed by atoms with Crippen molar-refractivity contribution in [3.8, 4) is 0 Å². The molecule has 1 aromatic heterocycles. The Balaban J connectivity index is 1.70. The molecule has 1 unspecified atom stereocenters. The molecule has 3 rings (SSSR count). The second-order valence-electron chi connectivity index (χ2n) is 5.46. The van der Waals surface area contributed by atoms with E-state index in [0.29, 0.717) is 25.5 Å². The van der Waals surface area contributed by atoms with Gasteiger partial charge in [-0.05, 0) is 43.9 Å². The van der Waals surface area contributed by atoms with Crippen LogP contribution in [0.2, 0.25) is 0 Å². The second-order valence-corrected chi connectivity index (χ2v) is 5.46. The Morgan fingerprint density at radius 1 is 1.33 bits per heavy atom. The number of hydrogen-bond donors (Lipinski definition) is 0. The van der Waals surface area contributed by atoms with Crippen LogP contribution in [0.25, 0.3) is 0 Å². The van der Waals surface area contributed by atoms with E-state index in [0.717, 1.165) is 38.1 Å². The zero-order valence-electron chi connectivity index (χ0n) is 12.1. The van der Waals surface area contributed by atoms with Crippen molar-refractivity contribution in [2.75, 3.05) is 19.8 Å². The second kappa shape index (κ2) is 6.80. The van der Waals surface area contributed by atoms with Gasteiger partial charge in [0.2, 0.25) is 0 Å². The zero-order chi connectivity index (χ0) is 14.5. The molecule has 0 N–H and O–H groups in total. The summed E-state index contributed by atoms with van der Waals surface area (Å²) in [5.74, 6) is 1.17. The van der Waals surface area contributed by atoms with Crippen molar-refractivity contribution in [3.63, 3.8) is 0 Å². The van der Waals surface area contributed by atoms with Crippen molar-refractivity contribution in [1.29, 1.82) is 0 Å². The molecule has 114 valence electrons. The maximum Gasteiger partial charge on any atom is 0.289 e. The molecule has 0 bridgehead atoms. The van der Waals surface area contributed by atoms with Crippen molar-refractivity contribution in [3.05, 3.63) is 36.0 Å². The lowest BCUT2D eigenvalue weighted by atomic mass is 10.2. The van der Waals surface area contributed by atoms with E-state index in [1.807, 2.05) is 18.2 Å². The number of allylic oxidation sites excluding steroid dienone is 1. The Labute approximate surface area is 124 Å². The average Bonchev–Trinajstić information content (AvgIpc) is 3.20. The highest BCUT2D eigenvalue weighted by molar-refractivity contribution is 5.91. The molecule has 0 aliphatic carbocycles. The summed E-state index contributed by atoms with van der Waals surface area (Å²) < 4.78 is 16.5. The van der Waals surface area contributed by atoms with E-state index in [1.165, 1.54) is 0 Å². The summed E-state index contributed by atoms with van der Waals surface area (Å²) in [7, 11) is 0. The van der Waals surface area contributed by atoms with Crippen LogP contribution in [-0.2, 0) is 20.8 Å². The van der Waals surface area contributed by atoms with E-state index in [4.69, 9.17) is 13.9 Å². The number of carbonyl (C=O) groups excluding carboxylic acids is 1. The molecule has 5 nitrogen and oxygen atoms in total. The fraction of sp³-hybridized carbons (Fsp3) is 0.562. The lowest BCUT2D eigenvalue weighted by Gasteiger charge is -2.26. The summed E-state index contributed by atoms with van der Waals surface area (Å²) in [5.41, 5.74) is 0. The first-order valence-electron chi connectivity index (χ1n) is 7.59. The third-order valence-corrected chi connectivity index (χ3v) is 3.81. The minimum absolute atomic E-state index is 0.0680. The number of ether oxygens (including phenoxy) is 2. The summed E-state index contributed by atoms with van der Waals surface area (Å²) in [6.45, 7) is 2.44. The molecule has 3 heterocycles. The Hall–Kier alpha value is -1.75. The molecule has 2 aliphatic rings. The number of nitrogens with zero attached hydrogens (tertiary/aromatic N) is 1. The van der Waals surface area contributed by atoms with Crippen LogP contribution in [0, 0.1) is 0 Å². The van der Waals surface area contributed by atoms with Crippen LogP contribution in [0.3, 0.4) is 0 Å². The average molecular weight is 291 g/mol. The monoisotopic (exact) mass is 291 g/mol. The molecule has 0 aromatic carbocycles. The highest BCUT2D eigenvalue weighted by Crippen LogP contribution is 2.19. The van der Waals surface area contributed by atoms with Gasteiger partial charge in [-0.25, -0.2) is 0 Å². The molecule has 1 fully saturated rings. The van der Waals surface area contributed by atoms with E-state index in [2.05, 4.69) is 0 Å². The fourth-order valence-electron chi connectivity index (χ4n) is 2.71. The van der Waals surface area contributed by atoms with Crippen LogP contribution in [0.15, 0.2) is 34.6 Å². The molecule has 0 radical (unpaired) electrons. The molecule has 5 heteroatoms. The molecule has 0 spiro atoms. The topological polar surface area (TPSA) is 51.9 Å². The van der Waals surface area contributed by atoms with Gasteiger partial charge in [0.15, 0.2) is 5.76 Å². The van der Waals surface area contributed by atoms with Crippen LogP contribution < -0.4 is 0 Å². The van der Waals surface area contributed by atoms with Crippen LogP contribution in [0.4, 0.5) is 0 Å². The van der Waals surface area contributed by atoms with Gasteiger partial charge in [-0.15, -0.1) is 0 Å². The van der Waals surface area contributed by atoms with Crippen LogP contribution in [0.1, 0.15) is 31.4 Å². The van der Waals surface area contributed by atoms with E-state index in [-0.39, 0.29) is 12.0 Å². The molecule has 21 heavy (non-hydrogen) atoms. The molecular formula is C16H21NO4. The maximum atomic E-state index is 12.6. The number of carbonyl (C=O) groups is 1. The number of amides is 1. The molecule has 1 atom stereocenters. The third-order valence-electron chi connectivity index (χ3n) is 3.81. The van der Waals surface area contributed by atoms with Gasteiger partial charge in [-0.2, -0.15) is 0 Å². The van der Waals surface area contributed by atoms with Crippen molar-refractivity contribution >= 4 is 5.91 Å². The van der Waals surface area contributed by atoms with Crippen molar-refractivity contribution in [1.82, 2.24) is 4.90 Å². The van der Waals surface area contributed by atoms with Crippen molar-refractivity contribution in [2.24, 2.45) is 0 Å². The Morgan fingerprint density at radius 3 is 2.95 bits per heavy atom. The first kappa shape index (κ1) is 14.2. The largest absolute Gasteiger partial charge is 0.488 e. The molecule has 1 saturated heterocycles. The van der Waals surface area contributed by atoms with E-state index in [9.17, 15) is 4.79 Å². The summed E-state index contributed by atoms with van der Waals surface area (Å²) in [6.07, 6.45) is 7.56. The molecular weight excluding hydrogens is 270 g/mol. The van der Waals surface area contributed by atoms with Crippen molar-refractivity contribution in [2.45, 2.75) is 38.3 Å². The van der Waals surface area contributed by atoms with Gasteiger partial charge in [-0.1, -0.05) is 0 Å². The standard InChI is InChI=1S/C16H21NO4/c18-16(15-7-1-2-8-21-15)17(11-13-5-3-9-19-13)12-14-6-4-10-20-14/h3,5,7,9,14H,1-2,4,6,8,10-12H2. The van der Waals surface area contributed by atoms with Gasteiger partial charge in [0.25, 0.3) is 5.91 Å². The minimum Gasteiger partial charge on any atom is -0.488 e. The number of furan rings is 1. The maximum absolute atomic E-state index is 12.6. The Kier molecular flexibility index (Phi) is 4.60. The quantitative estimate of drug-likeness (QED) is 0.836. The van der Waals surface area contributed by atoms with Gasteiger partial charge in [0, 0.05) is 13.2 Å². The Morgan fingerprint density at radius 2 is 2.29 bits per heavy atom. The number of hydrogen-bond acceptors (Lipinski definition) is 4. The first-order chi connectivity index (χ1) is 10.3. The van der Waals surface area contributed by atoms with Crippen LogP contribution in [-0.4, -0.2) is 36.7 Å². The van der Waals surface area contributed by atoms with Gasteiger partial charge in [0.1, 0.15) is 5.76 Å². The zero-order valence-corrected chi connectivity index (χ0v) is 12.1. The molecule has 2 aliphatic heterocycles. The first-order valence-corrected chi connectivity index (χ1v) is 7.59. The van der Waals surface area contributed by atoms with Crippen LogP contribution >= 0.6 is 0 Å². The van der Waals surface area contributed by atoms with E-state index < -0.39 is 0 Å². The van der Waals surface area contributed by atoms with Crippen LogP contribution in [0.5, 0.6) is 0 Å². The fourth-order valence-corrected chi connectivity index (χ4v) is 2.71. The van der Waals surface area contributed by atoms with Gasteiger partial charge in [-0.3, -0.25) is 4.79 Å². The summed E-state index contributed by atoms with van der Waals surface area (Å²) in [4.78, 5) is 14.4. The third kappa shape index (κ3) is 3.67. The summed E-state index contributed by atoms with van der Waals surface area (Å²) in [6, 6.07) is 3.71. The lowest BCUT2D eigenvalue weighted by molar-refractivity contribution is -0.133. The Bertz CT molecular complexity index is 488. The predicted octanol–water partition coefficient (Wildman–Crippen LogP) is 2.48. The SMILES string of the molecule is O=C(C1=CCCCO1)N(Cc1ccco1)CC1CCCO1. The van der Waals surface area contributed by atoms with Gasteiger partial charge < -0.3 is 18.8 Å². The minimum atomic E-state index is -0.0680. The summed E-state index contributed by atoms with van der Waals surface area (Å²) >= 11 is 0. The summed E-state index contributed by atoms with van der Waals surface area (Å²) in [5, 5.41) is 0. The highest BCUT2D eigenvalue weighted by Gasteiger charge is 2.26. The van der Waals surface area contributed by atoms with Crippen molar-refractivity contribution < 1.29 is 18.7 Å². The van der Waals surface area contributed by atoms with E-state index >= 15 is 0 Å². The lowest BCUT2D eigenvalue weighted by Crippen LogP contribution is -2.38. The molecule has 1 amide bonds. The molecule has 0 saturated carbocycles. The smallest absolute Gasteiger partial charge is 0.289 e. The number of rotatable bonds is 5. The normalized spacial score (nSPS) is 21.7. The molecule has 1 aromatic rings. The highest BCUT2D eigenvalue weighted by atomic mass is 16.5. The van der Waals surface area contributed by atoms with Gasteiger partial charge in [0.05, 0.1) is 25.5 Å².